The fourth-order valence-electron chi connectivity index (χ4n) is 6.29. The predicted octanol–water partition coefficient (Wildman–Crippen LogP) is 10.6. The maximum Gasteiger partial charge on any atom is 0.0707 e. The minimum atomic E-state index is 0.484. The lowest BCUT2D eigenvalue weighted by Crippen LogP contribution is -2.31. The number of hydrogen-bond acceptors (Lipinski definition) is 3. The number of fused-ring (bicyclic) bond motifs is 3. The van der Waals surface area contributed by atoms with Gasteiger partial charge < -0.3 is 20.9 Å². The molecule has 0 bridgehead atoms. The van der Waals surface area contributed by atoms with Crippen LogP contribution in [0.3, 0.4) is 0 Å². The molecule has 0 spiro atoms. The molecule has 6 aromatic rings. The molecule has 0 fully saturated rings. The van der Waals surface area contributed by atoms with E-state index in [9.17, 15) is 0 Å². The highest BCUT2D eigenvalue weighted by molar-refractivity contribution is 5.85. The zero-order chi connectivity index (χ0) is 40.1. The summed E-state index contributed by atoms with van der Waals surface area (Å²) >= 11 is 0. The zero-order valence-electron chi connectivity index (χ0n) is 33.4. The Labute approximate surface area is 334 Å². The summed E-state index contributed by atoms with van der Waals surface area (Å²) < 4.78 is 2.29. The van der Waals surface area contributed by atoms with Crippen molar-refractivity contribution in [2.24, 2.45) is 11.5 Å². The van der Waals surface area contributed by atoms with Crippen LogP contribution in [-0.2, 0) is 6.42 Å². The van der Waals surface area contributed by atoms with Gasteiger partial charge in [-0.3, -0.25) is 0 Å². The highest BCUT2D eigenvalue weighted by Gasteiger charge is 2.12. The van der Waals surface area contributed by atoms with E-state index in [-0.39, 0.29) is 0 Å². The Morgan fingerprint density at radius 1 is 0.679 bits per heavy atom. The Kier molecular flexibility index (Phi) is 17.1. The molecular weight excluding hydrogens is 681 g/mol. The molecule has 56 heavy (non-hydrogen) atoms. The maximum absolute atomic E-state index is 5.74. The minimum Gasteiger partial charge on any atom is -0.333 e. The molecule has 7 rings (SSSR count). The Morgan fingerprint density at radius 2 is 1.29 bits per heavy atom. The maximum atomic E-state index is 5.74. The third-order valence-electron chi connectivity index (χ3n) is 8.92. The summed E-state index contributed by atoms with van der Waals surface area (Å²) in [5, 5.41) is 3.32. The highest BCUT2D eigenvalue weighted by atomic mass is 15.1. The van der Waals surface area contributed by atoms with Crippen LogP contribution in [-0.4, -0.2) is 23.1 Å². The second-order valence-corrected chi connectivity index (χ2v) is 12.5. The van der Waals surface area contributed by atoms with E-state index in [4.69, 9.17) is 5.73 Å². The summed E-state index contributed by atoms with van der Waals surface area (Å²) in [5.41, 5.74) is 20.5. The number of allylic oxidation sites excluding steroid dienone is 7. The molecule has 1 aliphatic heterocycles. The summed E-state index contributed by atoms with van der Waals surface area (Å²) in [6.07, 6.45) is 19.4. The summed E-state index contributed by atoms with van der Waals surface area (Å²) in [6.45, 7) is 15.0. The standard InChI is InChI=1S/C30H29N3.C19H16.C2H6.CH5N/c1-4-25(16-12-19-31)32-20-11-10-13-23(2)24(3)21-28-27-17-8-9-18-29(27)33(30(28)22-32)26-14-6-5-7-15-26;1-3-8-16(9-4-1)14-17-10-7-13-19(15-17)18-11-5-2-6-12-18;2*1-2/h4-18,20-22H,2-3,19,31H2,1H3;1-13,15H,14H2;1-2H3;2H2,1H3/b13-10-,16-12-,20-11-,25-4+,28-21-,30-22+;;;. The topological polar surface area (TPSA) is 60.2 Å². The first-order valence-corrected chi connectivity index (χ1v) is 19.2. The summed E-state index contributed by atoms with van der Waals surface area (Å²) in [6, 6.07) is 48.8. The van der Waals surface area contributed by atoms with E-state index in [1.807, 2.05) is 63.4 Å². The van der Waals surface area contributed by atoms with Gasteiger partial charge in [-0.05, 0) is 90.2 Å². The normalized spacial score (nSPS) is 14.8. The lowest BCUT2D eigenvalue weighted by atomic mass is 9.99. The van der Waals surface area contributed by atoms with Crippen LogP contribution in [0.25, 0.3) is 40.0 Å². The SMILES string of the molecule is C=C1/C=C\C=C/N(C(/C=C\CN)=C/C)/C=c2\c(c3ccccc3n2-c2ccccc2)=C/C1=C.CC.CN.c1ccc(Cc2cccc(-c3ccccc3)c2)cc1. The van der Waals surface area contributed by atoms with Gasteiger partial charge in [0, 0.05) is 40.9 Å². The van der Waals surface area contributed by atoms with Crippen molar-refractivity contribution in [2.75, 3.05) is 13.6 Å². The number of nitrogens with zero attached hydrogens (tertiary/aromatic N) is 2. The van der Waals surface area contributed by atoms with Crippen LogP contribution in [0.5, 0.6) is 0 Å². The Balaban J connectivity index is 0.000000256. The van der Waals surface area contributed by atoms with Crippen LogP contribution in [0.4, 0.5) is 0 Å². The molecule has 0 radical (unpaired) electrons. The molecule has 1 aliphatic rings. The average Bonchev–Trinajstić information content (AvgIpc) is 3.55. The fourth-order valence-corrected chi connectivity index (χ4v) is 6.29. The predicted molar refractivity (Wildman–Crippen MR) is 244 cm³/mol. The number of nitrogens with two attached hydrogens (primary N) is 2. The van der Waals surface area contributed by atoms with Crippen molar-refractivity contribution in [1.82, 2.24) is 9.47 Å². The molecule has 0 saturated heterocycles. The van der Waals surface area contributed by atoms with Crippen LogP contribution in [0, 0.1) is 0 Å². The molecule has 1 aromatic heterocycles. The van der Waals surface area contributed by atoms with Crippen molar-refractivity contribution < 1.29 is 0 Å². The van der Waals surface area contributed by atoms with Gasteiger partial charge in [0.05, 0.1) is 10.9 Å². The number of aromatic nitrogens is 1. The molecule has 5 aromatic carbocycles. The number of rotatable bonds is 7. The van der Waals surface area contributed by atoms with E-state index >= 15 is 0 Å². The number of benzene rings is 5. The number of hydrogen-bond donors (Lipinski definition) is 2. The zero-order valence-corrected chi connectivity index (χ0v) is 33.4. The first-order valence-electron chi connectivity index (χ1n) is 19.2. The highest BCUT2D eigenvalue weighted by Crippen LogP contribution is 2.22. The van der Waals surface area contributed by atoms with Crippen molar-refractivity contribution in [3.05, 3.63) is 234 Å². The Morgan fingerprint density at radius 3 is 1.96 bits per heavy atom. The molecule has 4 heteroatoms. The Bertz CT molecular complexity index is 2390. The van der Waals surface area contributed by atoms with E-state index in [0.717, 1.165) is 50.4 Å². The lowest BCUT2D eigenvalue weighted by molar-refractivity contribution is 0.697. The summed E-state index contributed by atoms with van der Waals surface area (Å²) in [5.74, 6) is 0. The van der Waals surface area contributed by atoms with E-state index in [1.54, 1.807) is 0 Å². The smallest absolute Gasteiger partial charge is 0.0707 e. The lowest BCUT2D eigenvalue weighted by Gasteiger charge is -2.17. The molecule has 0 amide bonds. The monoisotopic (exact) mass is 736 g/mol. The van der Waals surface area contributed by atoms with Crippen molar-refractivity contribution >= 4 is 23.2 Å². The number of para-hydroxylation sites is 2. The molecule has 2 heterocycles. The van der Waals surface area contributed by atoms with Crippen molar-refractivity contribution in [1.29, 1.82) is 0 Å². The molecular formula is C52H56N4. The van der Waals surface area contributed by atoms with Gasteiger partial charge in [0.1, 0.15) is 0 Å². The van der Waals surface area contributed by atoms with Crippen LogP contribution < -0.4 is 22.0 Å². The van der Waals surface area contributed by atoms with Crippen LogP contribution >= 0.6 is 0 Å². The van der Waals surface area contributed by atoms with Gasteiger partial charge in [0.2, 0.25) is 0 Å². The van der Waals surface area contributed by atoms with Crippen molar-refractivity contribution in [3.8, 4) is 16.8 Å². The van der Waals surface area contributed by atoms with Crippen LogP contribution in [0.1, 0.15) is 31.9 Å². The van der Waals surface area contributed by atoms with Crippen LogP contribution in [0.15, 0.2) is 212 Å². The first kappa shape index (κ1) is 42.3. The molecule has 4 nitrogen and oxygen atoms in total. The third-order valence-corrected chi connectivity index (χ3v) is 8.92. The largest absolute Gasteiger partial charge is 0.333 e. The van der Waals surface area contributed by atoms with Gasteiger partial charge in [-0.25, -0.2) is 0 Å². The van der Waals surface area contributed by atoms with E-state index < -0.39 is 0 Å². The van der Waals surface area contributed by atoms with Gasteiger partial charge in [0.15, 0.2) is 0 Å². The molecule has 284 valence electrons. The second kappa shape index (κ2) is 22.7. The molecule has 0 unspecified atom stereocenters. The van der Waals surface area contributed by atoms with Gasteiger partial charge in [-0.2, -0.15) is 0 Å². The average molecular weight is 737 g/mol. The first-order chi connectivity index (χ1) is 27.6. The van der Waals surface area contributed by atoms with E-state index in [2.05, 4.69) is 180 Å². The van der Waals surface area contributed by atoms with Gasteiger partial charge in [-0.15, -0.1) is 0 Å². The molecule has 0 aliphatic carbocycles. The van der Waals surface area contributed by atoms with Gasteiger partial charge in [0.25, 0.3) is 0 Å². The summed E-state index contributed by atoms with van der Waals surface area (Å²) in [7, 11) is 1.50. The fraction of sp³-hybridized carbons (Fsp3) is 0.115. The molecule has 4 N–H and O–H groups in total. The van der Waals surface area contributed by atoms with Crippen molar-refractivity contribution in [2.45, 2.75) is 27.2 Å². The third kappa shape index (κ3) is 11.3. The van der Waals surface area contributed by atoms with E-state index in [1.165, 1.54) is 29.3 Å². The minimum absolute atomic E-state index is 0.484. The van der Waals surface area contributed by atoms with Crippen LogP contribution in [0.2, 0.25) is 0 Å². The van der Waals surface area contributed by atoms with E-state index in [0.29, 0.717) is 6.54 Å². The van der Waals surface area contributed by atoms with Gasteiger partial charge in [-0.1, -0.05) is 173 Å². The Hall–Kier alpha value is -6.46. The second-order valence-electron chi connectivity index (χ2n) is 12.5. The van der Waals surface area contributed by atoms with Crippen molar-refractivity contribution in [3.63, 3.8) is 0 Å². The quantitative estimate of drug-likeness (QED) is 0.160. The van der Waals surface area contributed by atoms with Gasteiger partial charge >= 0.3 is 0 Å². The molecule has 0 saturated carbocycles. The summed E-state index contributed by atoms with van der Waals surface area (Å²) in [4.78, 5) is 2.12. The molecule has 0 atom stereocenters.